The molecule has 29 heavy (non-hydrogen) atoms. The summed E-state index contributed by atoms with van der Waals surface area (Å²) in [4.78, 5) is 38.2. The minimum Gasteiger partial charge on any atom is -0.481 e. The number of carbonyl (C=O) groups is 2. The number of hydrogen-bond acceptors (Lipinski definition) is 7. The summed E-state index contributed by atoms with van der Waals surface area (Å²) in [5, 5.41) is 12.8. The number of amides is 1. The van der Waals surface area contributed by atoms with Gasteiger partial charge in [-0.3, -0.25) is 9.59 Å². The van der Waals surface area contributed by atoms with Crippen molar-refractivity contribution in [2.45, 2.75) is 26.8 Å². The van der Waals surface area contributed by atoms with Gasteiger partial charge in [-0.15, -0.1) is 11.3 Å². The highest BCUT2D eigenvalue weighted by atomic mass is 32.1. The highest BCUT2D eigenvalue weighted by Crippen LogP contribution is 2.27. The molecule has 2 N–H and O–H groups in total. The topological polar surface area (TPSA) is 108 Å². The molecule has 0 aliphatic rings. The fraction of sp³-hybridized carbons (Fsp3) is 0.250. The van der Waals surface area contributed by atoms with E-state index >= 15 is 0 Å². The average molecular weight is 411 g/mol. The Morgan fingerprint density at radius 2 is 2.03 bits per heavy atom. The summed E-state index contributed by atoms with van der Waals surface area (Å²) in [5.74, 6) is 0.267. The van der Waals surface area contributed by atoms with Crippen LogP contribution in [-0.2, 0) is 16.1 Å². The standard InChI is InChI=1S/C20H21N5O3S/c1-13-6-8-21-18(10-13)24-17-5-3-4-15(23-17)16-11-22-19(29-16)12-25(14(2)26)9-7-20(27)28/h3-6,8,10-11H,7,9,12H2,1-2H3,(H,27,28)(H,21,23,24). The lowest BCUT2D eigenvalue weighted by molar-refractivity contribution is -0.138. The molecule has 0 saturated heterocycles. The summed E-state index contributed by atoms with van der Waals surface area (Å²) in [6.07, 6.45) is 3.36. The zero-order valence-electron chi connectivity index (χ0n) is 16.1. The van der Waals surface area contributed by atoms with Gasteiger partial charge in [-0.1, -0.05) is 6.07 Å². The van der Waals surface area contributed by atoms with Crippen molar-refractivity contribution in [2.24, 2.45) is 0 Å². The van der Waals surface area contributed by atoms with Gasteiger partial charge in [-0.05, 0) is 36.8 Å². The summed E-state index contributed by atoms with van der Waals surface area (Å²) in [5.41, 5.74) is 1.86. The van der Waals surface area contributed by atoms with Crippen molar-refractivity contribution in [3.05, 3.63) is 53.3 Å². The summed E-state index contributed by atoms with van der Waals surface area (Å²) in [7, 11) is 0. The maximum atomic E-state index is 11.8. The number of hydrogen-bond donors (Lipinski definition) is 2. The summed E-state index contributed by atoms with van der Waals surface area (Å²) in [6.45, 7) is 3.85. The van der Waals surface area contributed by atoms with Crippen LogP contribution in [0.15, 0.2) is 42.7 Å². The number of aromatic nitrogens is 3. The first-order chi connectivity index (χ1) is 13.9. The number of carboxylic acids is 1. The summed E-state index contributed by atoms with van der Waals surface area (Å²) >= 11 is 1.43. The van der Waals surface area contributed by atoms with E-state index in [0.29, 0.717) is 5.82 Å². The number of anilines is 2. The molecule has 0 spiro atoms. The quantitative estimate of drug-likeness (QED) is 0.584. The second kappa shape index (κ2) is 9.24. The number of carboxylic acid groups (broad SMARTS) is 1. The Labute approximate surface area is 172 Å². The molecular weight excluding hydrogens is 390 g/mol. The van der Waals surface area contributed by atoms with Gasteiger partial charge in [0.05, 0.1) is 23.5 Å². The van der Waals surface area contributed by atoms with Gasteiger partial charge in [0.15, 0.2) is 0 Å². The first-order valence-electron chi connectivity index (χ1n) is 9.00. The molecule has 3 heterocycles. The van der Waals surface area contributed by atoms with E-state index in [2.05, 4.69) is 20.3 Å². The fourth-order valence-electron chi connectivity index (χ4n) is 2.62. The third-order valence-electron chi connectivity index (χ3n) is 4.09. The molecule has 3 rings (SSSR count). The monoisotopic (exact) mass is 411 g/mol. The number of carbonyl (C=O) groups excluding carboxylic acids is 1. The minimum absolute atomic E-state index is 0.0971. The van der Waals surface area contributed by atoms with Crippen molar-refractivity contribution in [3.8, 4) is 10.6 Å². The van der Waals surface area contributed by atoms with E-state index < -0.39 is 5.97 Å². The van der Waals surface area contributed by atoms with Crippen LogP contribution in [0.4, 0.5) is 11.6 Å². The molecule has 1 amide bonds. The maximum Gasteiger partial charge on any atom is 0.305 e. The van der Waals surface area contributed by atoms with Crippen molar-refractivity contribution >= 4 is 34.8 Å². The number of nitrogens with one attached hydrogen (secondary N) is 1. The van der Waals surface area contributed by atoms with Crippen LogP contribution in [-0.4, -0.2) is 43.4 Å². The number of rotatable bonds is 8. The van der Waals surface area contributed by atoms with Crippen molar-refractivity contribution < 1.29 is 14.7 Å². The molecule has 3 aromatic heterocycles. The molecule has 0 aliphatic carbocycles. The molecule has 8 nitrogen and oxygen atoms in total. The van der Waals surface area contributed by atoms with Crippen LogP contribution >= 0.6 is 11.3 Å². The number of thiazole rings is 1. The van der Waals surface area contributed by atoms with E-state index in [0.717, 1.165) is 27.0 Å². The van der Waals surface area contributed by atoms with Crippen LogP contribution in [0.1, 0.15) is 23.9 Å². The van der Waals surface area contributed by atoms with Crippen molar-refractivity contribution in [3.63, 3.8) is 0 Å². The Kier molecular flexibility index (Phi) is 6.50. The van der Waals surface area contributed by atoms with Crippen LogP contribution in [0.3, 0.4) is 0 Å². The predicted octanol–water partition coefficient (Wildman–Crippen LogP) is 3.48. The molecule has 9 heteroatoms. The van der Waals surface area contributed by atoms with E-state index in [9.17, 15) is 9.59 Å². The van der Waals surface area contributed by atoms with Crippen LogP contribution < -0.4 is 5.32 Å². The summed E-state index contributed by atoms with van der Waals surface area (Å²) in [6, 6.07) is 9.51. The highest BCUT2D eigenvalue weighted by Gasteiger charge is 2.14. The second-order valence-corrected chi connectivity index (χ2v) is 7.57. The van der Waals surface area contributed by atoms with Gasteiger partial charge in [-0.2, -0.15) is 0 Å². The van der Waals surface area contributed by atoms with Gasteiger partial charge in [0.2, 0.25) is 5.91 Å². The normalized spacial score (nSPS) is 10.6. The van der Waals surface area contributed by atoms with Crippen LogP contribution in [0.25, 0.3) is 10.6 Å². The Morgan fingerprint density at radius 3 is 2.76 bits per heavy atom. The van der Waals surface area contributed by atoms with Crippen molar-refractivity contribution in [1.82, 2.24) is 19.9 Å². The SMILES string of the molecule is CC(=O)N(CCC(=O)O)Cc1ncc(-c2cccc(Nc3cc(C)ccn3)n2)s1. The van der Waals surface area contributed by atoms with Crippen molar-refractivity contribution in [1.29, 1.82) is 0 Å². The Hall–Kier alpha value is -3.33. The first kappa shape index (κ1) is 20.4. The van der Waals surface area contributed by atoms with Gasteiger partial charge in [0, 0.05) is 25.9 Å². The number of aryl methyl sites for hydroxylation is 1. The third-order valence-corrected chi connectivity index (χ3v) is 5.10. The first-order valence-corrected chi connectivity index (χ1v) is 9.81. The Bertz CT molecular complexity index is 1020. The molecule has 3 aromatic rings. The number of nitrogens with zero attached hydrogens (tertiary/aromatic N) is 4. The molecule has 0 atom stereocenters. The third kappa shape index (κ3) is 5.82. The zero-order chi connectivity index (χ0) is 20.8. The van der Waals surface area contributed by atoms with E-state index in [-0.39, 0.29) is 25.4 Å². The smallest absolute Gasteiger partial charge is 0.305 e. The van der Waals surface area contributed by atoms with Gasteiger partial charge >= 0.3 is 5.97 Å². The molecule has 0 fully saturated rings. The van der Waals surface area contributed by atoms with Crippen LogP contribution in [0.2, 0.25) is 0 Å². The second-order valence-electron chi connectivity index (χ2n) is 6.45. The van der Waals surface area contributed by atoms with Crippen molar-refractivity contribution in [2.75, 3.05) is 11.9 Å². The Morgan fingerprint density at radius 1 is 1.21 bits per heavy atom. The molecule has 0 aromatic carbocycles. The lowest BCUT2D eigenvalue weighted by atomic mass is 10.3. The molecule has 0 bridgehead atoms. The van der Waals surface area contributed by atoms with E-state index in [1.54, 1.807) is 12.4 Å². The lowest BCUT2D eigenvalue weighted by Crippen LogP contribution is -2.30. The van der Waals surface area contributed by atoms with E-state index in [1.807, 2.05) is 37.3 Å². The van der Waals surface area contributed by atoms with Gasteiger partial charge in [-0.25, -0.2) is 15.0 Å². The largest absolute Gasteiger partial charge is 0.481 e. The van der Waals surface area contributed by atoms with Gasteiger partial charge in [0.25, 0.3) is 0 Å². The molecule has 0 saturated carbocycles. The number of pyridine rings is 2. The summed E-state index contributed by atoms with van der Waals surface area (Å²) < 4.78 is 0. The lowest BCUT2D eigenvalue weighted by Gasteiger charge is -2.18. The van der Waals surface area contributed by atoms with Crippen LogP contribution in [0.5, 0.6) is 0 Å². The number of aliphatic carboxylic acids is 1. The van der Waals surface area contributed by atoms with E-state index in [4.69, 9.17) is 5.11 Å². The minimum atomic E-state index is -0.937. The highest BCUT2D eigenvalue weighted by molar-refractivity contribution is 7.15. The molecule has 0 radical (unpaired) electrons. The molecule has 150 valence electrons. The zero-order valence-corrected chi connectivity index (χ0v) is 16.9. The predicted molar refractivity (Wildman–Crippen MR) is 111 cm³/mol. The molecule has 0 aliphatic heterocycles. The fourth-order valence-corrected chi connectivity index (χ4v) is 3.52. The Balaban J connectivity index is 1.72. The van der Waals surface area contributed by atoms with E-state index in [1.165, 1.54) is 23.2 Å². The maximum absolute atomic E-state index is 11.8. The van der Waals surface area contributed by atoms with Gasteiger partial charge < -0.3 is 15.3 Å². The average Bonchev–Trinajstić information content (AvgIpc) is 3.14. The molecular formula is C20H21N5O3S. The van der Waals surface area contributed by atoms with Crippen LogP contribution in [0, 0.1) is 6.92 Å². The molecule has 0 unspecified atom stereocenters. The van der Waals surface area contributed by atoms with Gasteiger partial charge in [0.1, 0.15) is 16.6 Å².